The number of esters is 1. The Morgan fingerprint density at radius 3 is 2.72 bits per heavy atom. The van der Waals surface area contributed by atoms with E-state index in [9.17, 15) is 4.79 Å². The Morgan fingerprint density at radius 2 is 2.17 bits per heavy atom. The summed E-state index contributed by atoms with van der Waals surface area (Å²) in [6.45, 7) is 1.75. The van der Waals surface area contributed by atoms with Crippen LogP contribution in [0.1, 0.15) is 12.5 Å². The van der Waals surface area contributed by atoms with Gasteiger partial charge in [-0.15, -0.1) is 0 Å². The molecule has 18 heavy (non-hydrogen) atoms. The zero-order chi connectivity index (χ0) is 13.5. The lowest BCUT2D eigenvalue weighted by Gasteiger charge is -2.12. The molecule has 0 saturated carbocycles. The summed E-state index contributed by atoms with van der Waals surface area (Å²) in [6, 6.07) is 5.34. The van der Waals surface area contributed by atoms with E-state index in [1.165, 1.54) is 14.0 Å². The summed E-state index contributed by atoms with van der Waals surface area (Å²) in [5.74, 6) is 0.686. The van der Waals surface area contributed by atoms with Gasteiger partial charge in [-0.25, -0.2) is 0 Å². The fourth-order valence-electron chi connectivity index (χ4n) is 1.25. The van der Waals surface area contributed by atoms with Gasteiger partial charge in [0.2, 0.25) is 0 Å². The monoisotopic (exact) mass is 361 g/mol. The van der Waals surface area contributed by atoms with Crippen molar-refractivity contribution in [1.82, 2.24) is 0 Å². The lowest BCUT2D eigenvalue weighted by Crippen LogP contribution is -2.10. The molecule has 0 fully saturated rings. The highest BCUT2D eigenvalue weighted by Gasteiger charge is 2.11. The van der Waals surface area contributed by atoms with Gasteiger partial charge in [-0.2, -0.15) is 5.26 Å². The Labute approximate surface area is 119 Å². The molecule has 96 valence electrons. The van der Waals surface area contributed by atoms with E-state index in [0.29, 0.717) is 17.1 Å². The molecule has 0 heterocycles. The molecule has 0 aliphatic carbocycles. The molecule has 0 aliphatic heterocycles. The van der Waals surface area contributed by atoms with Crippen LogP contribution >= 0.6 is 22.6 Å². The van der Waals surface area contributed by atoms with Crippen molar-refractivity contribution in [2.24, 2.45) is 0 Å². The average Bonchev–Trinajstić information content (AvgIpc) is 2.34. The maximum absolute atomic E-state index is 10.6. The average molecular weight is 361 g/mol. The zero-order valence-electron chi connectivity index (χ0n) is 10.0. The minimum Gasteiger partial charge on any atom is -0.493 e. The van der Waals surface area contributed by atoms with Crippen LogP contribution in [-0.2, 0) is 9.53 Å². The molecule has 0 radical (unpaired) electrons. The van der Waals surface area contributed by atoms with Gasteiger partial charge in [0.25, 0.3) is 0 Å². The summed E-state index contributed by atoms with van der Waals surface area (Å²) in [6.07, 6.45) is 0. The quantitative estimate of drug-likeness (QED) is 0.457. The number of carbonyl (C=O) groups excluding carboxylic acids is 1. The van der Waals surface area contributed by atoms with Gasteiger partial charge >= 0.3 is 5.97 Å². The third-order valence-corrected chi connectivity index (χ3v) is 2.79. The smallest absolute Gasteiger partial charge is 0.302 e. The van der Waals surface area contributed by atoms with Crippen molar-refractivity contribution in [2.75, 3.05) is 20.3 Å². The van der Waals surface area contributed by atoms with E-state index < -0.39 is 0 Å². The highest BCUT2D eigenvalue weighted by Crippen LogP contribution is 2.33. The number of hydrogen-bond donors (Lipinski definition) is 0. The number of carbonyl (C=O) groups is 1. The van der Waals surface area contributed by atoms with E-state index in [1.54, 1.807) is 12.1 Å². The number of nitriles is 1. The molecule has 0 unspecified atom stereocenters. The van der Waals surface area contributed by atoms with Crippen molar-refractivity contribution in [3.63, 3.8) is 0 Å². The number of nitrogens with zero attached hydrogens (tertiary/aromatic N) is 1. The standard InChI is InChI=1S/C12H12INO4/c1-8(15)17-3-4-18-12-10(13)5-9(7-14)6-11(12)16-2/h5-6H,3-4H2,1-2H3. The van der Waals surface area contributed by atoms with Crippen LogP contribution in [0.5, 0.6) is 11.5 Å². The minimum atomic E-state index is -0.347. The van der Waals surface area contributed by atoms with Gasteiger partial charge in [0, 0.05) is 13.0 Å². The maximum Gasteiger partial charge on any atom is 0.302 e. The summed E-state index contributed by atoms with van der Waals surface area (Å²) in [4.78, 5) is 10.6. The lowest BCUT2D eigenvalue weighted by molar-refractivity contribution is -0.141. The number of methoxy groups -OCH3 is 1. The van der Waals surface area contributed by atoms with Crippen LogP contribution in [0.4, 0.5) is 0 Å². The first-order valence-corrected chi connectivity index (χ1v) is 6.20. The first-order chi connectivity index (χ1) is 8.58. The Morgan fingerprint density at radius 1 is 1.44 bits per heavy atom. The molecular weight excluding hydrogens is 349 g/mol. The second kappa shape index (κ2) is 7.06. The number of ether oxygens (including phenoxy) is 3. The minimum absolute atomic E-state index is 0.175. The van der Waals surface area contributed by atoms with Crippen molar-refractivity contribution in [3.05, 3.63) is 21.3 Å². The molecule has 0 aliphatic rings. The molecule has 5 nitrogen and oxygen atoms in total. The molecule has 6 heteroatoms. The van der Waals surface area contributed by atoms with Crippen molar-refractivity contribution >= 4 is 28.6 Å². The van der Waals surface area contributed by atoms with E-state index >= 15 is 0 Å². The van der Waals surface area contributed by atoms with Gasteiger partial charge in [0.05, 0.1) is 22.3 Å². The van der Waals surface area contributed by atoms with Crippen LogP contribution in [0, 0.1) is 14.9 Å². The number of rotatable bonds is 5. The molecule has 0 atom stereocenters. The number of halogens is 1. The predicted molar refractivity (Wildman–Crippen MR) is 72.6 cm³/mol. The molecule has 1 aromatic rings. The van der Waals surface area contributed by atoms with Crippen LogP contribution in [0.2, 0.25) is 0 Å². The summed E-state index contributed by atoms with van der Waals surface area (Å²) >= 11 is 2.06. The van der Waals surface area contributed by atoms with E-state index in [2.05, 4.69) is 22.6 Å². The fraction of sp³-hybridized carbons (Fsp3) is 0.333. The highest BCUT2D eigenvalue weighted by atomic mass is 127. The largest absolute Gasteiger partial charge is 0.493 e. The second-order valence-electron chi connectivity index (χ2n) is 3.29. The van der Waals surface area contributed by atoms with E-state index in [1.807, 2.05) is 6.07 Å². The molecule has 0 saturated heterocycles. The van der Waals surface area contributed by atoms with Crippen molar-refractivity contribution in [1.29, 1.82) is 5.26 Å². The Hall–Kier alpha value is -1.49. The number of hydrogen-bond acceptors (Lipinski definition) is 5. The van der Waals surface area contributed by atoms with E-state index in [4.69, 9.17) is 19.5 Å². The van der Waals surface area contributed by atoms with Gasteiger partial charge in [-0.3, -0.25) is 4.79 Å². The molecule has 1 rings (SSSR count). The molecular formula is C12H12INO4. The first-order valence-electron chi connectivity index (χ1n) is 5.12. The SMILES string of the molecule is COc1cc(C#N)cc(I)c1OCCOC(C)=O. The van der Waals surface area contributed by atoms with Gasteiger partial charge < -0.3 is 14.2 Å². The Bertz CT molecular complexity index is 482. The molecule has 0 bridgehead atoms. The normalized spacial score (nSPS) is 9.44. The Balaban J connectivity index is 2.76. The first kappa shape index (κ1) is 14.6. The lowest BCUT2D eigenvalue weighted by atomic mass is 10.2. The van der Waals surface area contributed by atoms with Gasteiger partial charge in [-0.05, 0) is 28.7 Å². The van der Waals surface area contributed by atoms with E-state index in [-0.39, 0.29) is 19.2 Å². The van der Waals surface area contributed by atoms with Crippen LogP contribution < -0.4 is 9.47 Å². The maximum atomic E-state index is 10.6. The predicted octanol–water partition coefficient (Wildman–Crippen LogP) is 2.11. The summed E-state index contributed by atoms with van der Waals surface area (Å²) in [5, 5.41) is 8.84. The molecule has 0 N–H and O–H groups in total. The van der Waals surface area contributed by atoms with Gasteiger partial charge in [-0.1, -0.05) is 0 Å². The third kappa shape index (κ3) is 4.07. The summed E-state index contributed by atoms with van der Waals surface area (Å²) in [5.41, 5.74) is 0.503. The van der Waals surface area contributed by atoms with Gasteiger partial charge in [0.15, 0.2) is 11.5 Å². The van der Waals surface area contributed by atoms with Crippen molar-refractivity contribution < 1.29 is 19.0 Å². The molecule has 0 amide bonds. The summed E-state index contributed by atoms with van der Waals surface area (Å²) < 4.78 is 16.2. The summed E-state index contributed by atoms with van der Waals surface area (Å²) in [7, 11) is 1.51. The van der Waals surface area contributed by atoms with Gasteiger partial charge in [0.1, 0.15) is 13.2 Å². The second-order valence-corrected chi connectivity index (χ2v) is 4.45. The Kier molecular flexibility index (Phi) is 5.71. The van der Waals surface area contributed by atoms with Crippen LogP contribution in [0.15, 0.2) is 12.1 Å². The topological polar surface area (TPSA) is 68.6 Å². The van der Waals surface area contributed by atoms with Crippen molar-refractivity contribution in [2.45, 2.75) is 6.92 Å². The molecule has 0 aromatic heterocycles. The molecule has 1 aromatic carbocycles. The van der Waals surface area contributed by atoms with Crippen molar-refractivity contribution in [3.8, 4) is 17.6 Å². The van der Waals surface area contributed by atoms with Crippen LogP contribution in [-0.4, -0.2) is 26.3 Å². The number of benzene rings is 1. The van der Waals surface area contributed by atoms with Crippen LogP contribution in [0.25, 0.3) is 0 Å². The highest BCUT2D eigenvalue weighted by molar-refractivity contribution is 14.1. The third-order valence-electron chi connectivity index (χ3n) is 1.99. The molecule has 0 spiro atoms. The van der Waals surface area contributed by atoms with E-state index in [0.717, 1.165) is 3.57 Å². The zero-order valence-corrected chi connectivity index (χ0v) is 12.2. The fourth-order valence-corrected chi connectivity index (χ4v) is 2.01. The van der Waals surface area contributed by atoms with Crippen LogP contribution in [0.3, 0.4) is 0 Å².